The molecule has 6 rings (SSSR count). The van der Waals surface area contributed by atoms with E-state index in [1.165, 1.54) is 19.3 Å². The average Bonchev–Trinajstić information content (AvgIpc) is 3.44. The number of fused-ring (bicyclic) bond motifs is 6. The zero-order chi connectivity index (χ0) is 19.5. The highest BCUT2D eigenvalue weighted by Crippen LogP contribution is 2.59. The monoisotopic (exact) mass is 394 g/mol. The normalized spacial score (nSPS) is 31.1. The third kappa shape index (κ3) is 2.75. The summed E-state index contributed by atoms with van der Waals surface area (Å²) < 4.78 is 1.82. The molecule has 2 aliphatic carbocycles. The smallest absolute Gasteiger partial charge is 0.197 e. The second-order valence-corrected chi connectivity index (χ2v) is 9.52. The van der Waals surface area contributed by atoms with Crippen LogP contribution in [0.25, 0.3) is 0 Å². The van der Waals surface area contributed by atoms with Gasteiger partial charge >= 0.3 is 0 Å². The van der Waals surface area contributed by atoms with Gasteiger partial charge in [0.2, 0.25) is 0 Å². The fraction of sp³-hybridized carbons (Fsp3) is 0.609. The maximum absolute atomic E-state index is 10.9. The molecule has 4 atom stereocenters. The Kier molecular flexibility index (Phi) is 4.05. The minimum atomic E-state index is 0.354. The van der Waals surface area contributed by atoms with E-state index >= 15 is 0 Å². The van der Waals surface area contributed by atoms with Crippen molar-refractivity contribution in [2.24, 2.45) is 5.92 Å². The van der Waals surface area contributed by atoms with Gasteiger partial charge in [-0.15, -0.1) is 0 Å². The van der Waals surface area contributed by atoms with E-state index in [1.807, 2.05) is 16.8 Å². The lowest BCUT2D eigenvalue weighted by molar-refractivity contribution is 0.0865. The van der Waals surface area contributed by atoms with Crippen LogP contribution in [0.4, 0.5) is 5.82 Å². The summed E-state index contributed by atoms with van der Waals surface area (Å²) in [6.07, 6.45) is 7.64. The van der Waals surface area contributed by atoms with Gasteiger partial charge in [0, 0.05) is 56.1 Å². The Bertz CT molecular complexity index is 878. The van der Waals surface area contributed by atoms with Crippen LogP contribution in [0.2, 0.25) is 0 Å². The Morgan fingerprint density at radius 3 is 2.45 bits per heavy atom. The fourth-order valence-electron chi connectivity index (χ4n) is 6.53. The number of piperidine rings is 1. The molecular weight excluding hydrogens is 364 g/mol. The predicted molar refractivity (Wildman–Crippen MR) is 112 cm³/mol. The fourth-order valence-corrected chi connectivity index (χ4v) is 6.53. The molecule has 6 nitrogen and oxygen atoms in total. The predicted octanol–water partition coefficient (Wildman–Crippen LogP) is 3.26. The number of hydrogen-bond donors (Lipinski definition) is 2. The lowest BCUT2D eigenvalue weighted by Crippen LogP contribution is -2.57. The van der Waals surface area contributed by atoms with Crippen molar-refractivity contribution >= 4 is 5.82 Å². The van der Waals surface area contributed by atoms with Crippen LogP contribution in [0.15, 0.2) is 24.4 Å². The third-order valence-electron chi connectivity index (χ3n) is 7.95. The van der Waals surface area contributed by atoms with Crippen LogP contribution >= 0.6 is 0 Å². The Morgan fingerprint density at radius 1 is 0.931 bits per heavy atom. The van der Waals surface area contributed by atoms with Crippen molar-refractivity contribution in [1.82, 2.24) is 14.5 Å². The molecule has 1 saturated carbocycles. The summed E-state index contributed by atoms with van der Waals surface area (Å²) in [5.74, 6) is 3.21. The minimum Gasteiger partial charge on any atom is -0.494 e. The van der Waals surface area contributed by atoms with E-state index in [2.05, 4.69) is 26.9 Å². The van der Waals surface area contributed by atoms with Crippen molar-refractivity contribution in [2.75, 3.05) is 31.1 Å². The molecule has 2 N–H and O–H groups in total. The molecule has 2 aromatic heterocycles. The van der Waals surface area contributed by atoms with Gasteiger partial charge in [0.05, 0.1) is 0 Å². The van der Waals surface area contributed by atoms with Crippen molar-refractivity contribution in [1.29, 1.82) is 0 Å². The lowest BCUT2D eigenvalue weighted by atomic mass is 9.91. The maximum Gasteiger partial charge on any atom is 0.197 e. The number of aromatic hydroxyl groups is 2. The van der Waals surface area contributed by atoms with Gasteiger partial charge in [0.15, 0.2) is 11.8 Å². The van der Waals surface area contributed by atoms with E-state index in [4.69, 9.17) is 0 Å². The van der Waals surface area contributed by atoms with Crippen LogP contribution in [0.1, 0.15) is 55.1 Å². The summed E-state index contributed by atoms with van der Waals surface area (Å²) in [5, 5.41) is 21.7. The number of rotatable bonds is 3. The summed E-state index contributed by atoms with van der Waals surface area (Å²) >= 11 is 0. The van der Waals surface area contributed by atoms with Gasteiger partial charge in [-0.05, 0) is 62.0 Å². The molecule has 0 aromatic carbocycles. The standard InChI is InChI=1S/C23H30N4O2/c28-22-20-16-5-6-17(11-16)21(20)23(29)27(22)13-15-4-7-18-14-26(10-9-25(18)12-15)19-3-1-2-8-24-19/h1-3,8,15-18,28-29H,4-7,9-14H2/t15-,16-,17+,18-/m0/s1. The molecule has 0 spiro atoms. The average molecular weight is 395 g/mol. The number of aromatic nitrogens is 2. The minimum absolute atomic E-state index is 0.354. The van der Waals surface area contributed by atoms with E-state index in [0.717, 1.165) is 62.5 Å². The summed E-state index contributed by atoms with van der Waals surface area (Å²) in [7, 11) is 0. The first-order valence-corrected chi connectivity index (χ1v) is 11.2. The second-order valence-electron chi connectivity index (χ2n) is 9.52. The number of hydrogen-bond acceptors (Lipinski definition) is 5. The SMILES string of the molecule is Oc1c2c(c(O)n1C[C@H]1CC[C@H]3CN(c4ccccn4)CCN3C1)[C@H]1CC[C@@H]2C1. The van der Waals surface area contributed by atoms with E-state index in [-0.39, 0.29) is 0 Å². The molecule has 2 aliphatic heterocycles. The Hall–Kier alpha value is -2.21. The zero-order valence-corrected chi connectivity index (χ0v) is 16.9. The Labute approximate surface area is 171 Å². The third-order valence-corrected chi connectivity index (χ3v) is 7.95. The van der Waals surface area contributed by atoms with Crippen molar-refractivity contribution in [3.8, 4) is 11.8 Å². The largest absolute Gasteiger partial charge is 0.494 e. The zero-order valence-electron chi connectivity index (χ0n) is 16.9. The van der Waals surface area contributed by atoms with Gasteiger partial charge in [-0.25, -0.2) is 4.98 Å². The summed E-state index contributed by atoms with van der Waals surface area (Å²) in [4.78, 5) is 9.54. The molecule has 2 aromatic rings. The van der Waals surface area contributed by atoms with Crippen LogP contribution in [-0.2, 0) is 6.54 Å². The molecule has 3 fully saturated rings. The van der Waals surface area contributed by atoms with Gasteiger partial charge in [0.25, 0.3) is 0 Å². The maximum atomic E-state index is 10.9. The van der Waals surface area contributed by atoms with Crippen LogP contribution in [0.5, 0.6) is 11.8 Å². The molecule has 154 valence electrons. The highest BCUT2D eigenvalue weighted by atomic mass is 16.3. The van der Waals surface area contributed by atoms with Crippen molar-refractivity contribution in [2.45, 2.75) is 56.5 Å². The van der Waals surface area contributed by atoms with Gasteiger partial charge in [-0.3, -0.25) is 9.47 Å². The van der Waals surface area contributed by atoms with Crippen molar-refractivity contribution in [3.05, 3.63) is 35.5 Å². The van der Waals surface area contributed by atoms with E-state index in [1.54, 1.807) is 0 Å². The summed E-state index contributed by atoms with van der Waals surface area (Å²) in [6, 6.07) is 6.71. The van der Waals surface area contributed by atoms with E-state index in [9.17, 15) is 10.2 Å². The van der Waals surface area contributed by atoms with Gasteiger partial charge < -0.3 is 15.1 Å². The molecule has 4 aliphatic rings. The van der Waals surface area contributed by atoms with Crippen LogP contribution in [0, 0.1) is 5.92 Å². The van der Waals surface area contributed by atoms with Crippen molar-refractivity contribution < 1.29 is 10.2 Å². The Morgan fingerprint density at radius 2 is 1.72 bits per heavy atom. The first kappa shape index (κ1) is 17.6. The highest BCUT2D eigenvalue weighted by molar-refractivity contribution is 5.54. The number of piperazine rings is 1. The van der Waals surface area contributed by atoms with Crippen molar-refractivity contribution in [3.63, 3.8) is 0 Å². The van der Waals surface area contributed by atoms with Crippen LogP contribution < -0.4 is 4.90 Å². The van der Waals surface area contributed by atoms with Gasteiger partial charge in [0.1, 0.15) is 5.82 Å². The number of pyridine rings is 1. The number of anilines is 1. The summed E-state index contributed by atoms with van der Waals surface area (Å²) in [6.45, 7) is 4.90. The summed E-state index contributed by atoms with van der Waals surface area (Å²) in [5.41, 5.74) is 2.13. The molecular formula is C23H30N4O2. The number of nitrogens with zero attached hydrogens (tertiary/aromatic N) is 4. The highest BCUT2D eigenvalue weighted by Gasteiger charge is 2.44. The lowest BCUT2D eigenvalue weighted by Gasteiger charge is -2.46. The molecule has 2 saturated heterocycles. The van der Waals surface area contributed by atoms with E-state index < -0.39 is 0 Å². The molecule has 4 heterocycles. The Balaban J connectivity index is 1.14. The molecule has 29 heavy (non-hydrogen) atoms. The molecule has 0 amide bonds. The quantitative estimate of drug-likeness (QED) is 0.837. The molecule has 2 bridgehead atoms. The second kappa shape index (κ2) is 6.66. The topological polar surface area (TPSA) is 64.8 Å². The molecule has 0 radical (unpaired) electrons. The van der Waals surface area contributed by atoms with Crippen LogP contribution in [-0.4, -0.2) is 56.9 Å². The van der Waals surface area contributed by atoms with Gasteiger partial charge in [-0.1, -0.05) is 6.07 Å². The van der Waals surface area contributed by atoms with Gasteiger partial charge in [-0.2, -0.15) is 0 Å². The first-order valence-electron chi connectivity index (χ1n) is 11.2. The van der Waals surface area contributed by atoms with E-state index in [0.29, 0.717) is 35.6 Å². The first-order chi connectivity index (χ1) is 14.2. The molecule has 0 unspecified atom stereocenters. The molecule has 6 heteroatoms. The van der Waals surface area contributed by atoms with Crippen LogP contribution in [0.3, 0.4) is 0 Å².